The van der Waals surface area contributed by atoms with Gasteiger partial charge in [-0.2, -0.15) is 0 Å². The third kappa shape index (κ3) is 2.68. The van der Waals surface area contributed by atoms with Gasteiger partial charge in [-0.1, -0.05) is 41.9 Å². The van der Waals surface area contributed by atoms with Crippen molar-refractivity contribution >= 4 is 34.1 Å². The molecule has 0 saturated carbocycles. The summed E-state index contributed by atoms with van der Waals surface area (Å²) < 4.78 is 0. The SMILES string of the molecule is CN(C)c1cc(C(=O)c2cccc(Cl)c2)c2ccccc2n1. The molecule has 3 aromatic rings. The zero-order valence-corrected chi connectivity index (χ0v) is 13.1. The fraction of sp³-hybridized carbons (Fsp3) is 0.111. The van der Waals surface area contributed by atoms with E-state index in [9.17, 15) is 4.79 Å². The molecule has 2 aromatic carbocycles. The Balaban J connectivity index is 2.22. The number of hydrogen-bond donors (Lipinski definition) is 0. The number of fused-ring (bicyclic) bond motifs is 1. The average Bonchev–Trinajstić information content (AvgIpc) is 2.53. The molecule has 0 amide bonds. The Kier molecular flexibility index (Phi) is 3.82. The van der Waals surface area contributed by atoms with E-state index in [1.807, 2.05) is 49.3 Å². The number of hydrogen-bond acceptors (Lipinski definition) is 3. The molecule has 0 fully saturated rings. The maximum Gasteiger partial charge on any atom is 0.193 e. The first kappa shape index (κ1) is 14.5. The van der Waals surface area contributed by atoms with E-state index in [2.05, 4.69) is 4.98 Å². The molecule has 1 aromatic heterocycles. The number of ketones is 1. The van der Waals surface area contributed by atoms with E-state index in [1.165, 1.54) is 0 Å². The van der Waals surface area contributed by atoms with Crippen LogP contribution in [0.2, 0.25) is 5.02 Å². The van der Waals surface area contributed by atoms with Crippen LogP contribution in [0, 0.1) is 0 Å². The molecule has 22 heavy (non-hydrogen) atoms. The Hall–Kier alpha value is -2.39. The standard InChI is InChI=1S/C18H15ClN2O/c1-21(2)17-11-15(14-8-3-4-9-16(14)20-17)18(22)12-6-5-7-13(19)10-12/h3-11H,1-2H3. The fourth-order valence-electron chi connectivity index (χ4n) is 2.36. The molecule has 3 nitrogen and oxygen atoms in total. The van der Waals surface area contributed by atoms with Crippen LogP contribution >= 0.6 is 11.6 Å². The van der Waals surface area contributed by atoms with Crippen molar-refractivity contribution in [3.63, 3.8) is 0 Å². The Morgan fingerprint density at radius 2 is 1.82 bits per heavy atom. The summed E-state index contributed by atoms with van der Waals surface area (Å²) in [4.78, 5) is 19.3. The predicted octanol–water partition coefficient (Wildman–Crippen LogP) is 4.19. The number of carbonyl (C=O) groups excluding carboxylic acids is 1. The maximum absolute atomic E-state index is 12.9. The van der Waals surface area contributed by atoms with Crippen molar-refractivity contribution in [2.24, 2.45) is 0 Å². The van der Waals surface area contributed by atoms with Crippen LogP contribution in [0.5, 0.6) is 0 Å². The first-order valence-electron chi connectivity index (χ1n) is 6.93. The summed E-state index contributed by atoms with van der Waals surface area (Å²) in [6.07, 6.45) is 0. The minimum absolute atomic E-state index is 0.0517. The van der Waals surface area contributed by atoms with Gasteiger partial charge < -0.3 is 4.90 Å². The molecule has 0 aliphatic carbocycles. The second kappa shape index (κ2) is 5.78. The highest BCUT2D eigenvalue weighted by Crippen LogP contribution is 2.25. The lowest BCUT2D eigenvalue weighted by Crippen LogP contribution is -2.13. The number of nitrogens with zero attached hydrogens (tertiary/aromatic N) is 2. The van der Waals surface area contributed by atoms with E-state index in [0.717, 1.165) is 16.7 Å². The smallest absolute Gasteiger partial charge is 0.193 e. The second-order valence-electron chi connectivity index (χ2n) is 5.28. The minimum atomic E-state index is -0.0517. The monoisotopic (exact) mass is 310 g/mol. The van der Waals surface area contributed by atoms with Gasteiger partial charge >= 0.3 is 0 Å². The molecule has 0 radical (unpaired) electrons. The Morgan fingerprint density at radius 1 is 1.05 bits per heavy atom. The van der Waals surface area contributed by atoms with Gasteiger partial charge in [0.2, 0.25) is 0 Å². The molecule has 0 atom stereocenters. The third-order valence-corrected chi connectivity index (χ3v) is 3.73. The van der Waals surface area contributed by atoms with Gasteiger partial charge in [-0.05, 0) is 24.3 Å². The van der Waals surface area contributed by atoms with E-state index < -0.39 is 0 Å². The van der Waals surface area contributed by atoms with Gasteiger partial charge in [0.25, 0.3) is 0 Å². The van der Waals surface area contributed by atoms with Crippen molar-refractivity contribution in [1.29, 1.82) is 0 Å². The maximum atomic E-state index is 12.9. The van der Waals surface area contributed by atoms with Crippen LogP contribution in [0.3, 0.4) is 0 Å². The van der Waals surface area contributed by atoms with Crippen molar-refractivity contribution in [1.82, 2.24) is 4.98 Å². The normalized spacial score (nSPS) is 10.7. The highest BCUT2D eigenvalue weighted by molar-refractivity contribution is 6.31. The zero-order valence-electron chi connectivity index (χ0n) is 12.4. The lowest BCUT2D eigenvalue weighted by atomic mass is 9.99. The van der Waals surface area contributed by atoms with Crippen LogP contribution in [0.15, 0.2) is 54.6 Å². The van der Waals surface area contributed by atoms with E-state index >= 15 is 0 Å². The summed E-state index contributed by atoms with van der Waals surface area (Å²) in [5.41, 5.74) is 2.02. The summed E-state index contributed by atoms with van der Waals surface area (Å²) in [5.74, 6) is 0.702. The Labute approximate surface area is 134 Å². The number of halogens is 1. The molecular weight excluding hydrogens is 296 g/mol. The molecule has 0 unspecified atom stereocenters. The fourth-order valence-corrected chi connectivity index (χ4v) is 2.55. The number of pyridine rings is 1. The second-order valence-corrected chi connectivity index (χ2v) is 5.72. The largest absolute Gasteiger partial charge is 0.363 e. The molecule has 0 aliphatic rings. The van der Waals surface area contributed by atoms with Crippen molar-refractivity contribution < 1.29 is 4.79 Å². The van der Waals surface area contributed by atoms with Crippen LogP contribution in [0.4, 0.5) is 5.82 Å². The van der Waals surface area contributed by atoms with Crippen LogP contribution in [-0.2, 0) is 0 Å². The quantitative estimate of drug-likeness (QED) is 0.680. The first-order valence-corrected chi connectivity index (χ1v) is 7.31. The number of rotatable bonds is 3. The molecule has 0 aliphatic heterocycles. The van der Waals surface area contributed by atoms with Crippen LogP contribution < -0.4 is 4.90 Å². The van der Waals surface area contributed by atoms with Gasteiger partial charge in [0.1, 0.15) is 5.82 Å². The van der Waals surface area contributed by atoms with Crippen LogP contribution in [0.25, 0.3) is 10.9 Å². The molecule has 110 valence electrons. The van der Waals surface area contributed by atoms with E-state index in [-0.39, 0.29) is 5.78 Å². The lowest BCUT2D eigenvalue weighted by Gasteiger charge is -2.14. The average molecular weight is 311 g/mol. The minimum Gasteiger partial charge on any atom is -0.363 e. The van der Waals surface area contributed by atoms with E-state index in [4.69, 9.17) is 11.6 Å². The summed E-state index contributed by atoms with van der Waals surface area (Å²) >= 11 is 6.00. The third-order valence-electron chi connectivity index (χ3n) is 3.49. The molecule has 3 rings (SSSR count). The number of aromatic nitrogens is 1. The molecular formula is C18H15ClN2O. The Morgan fingerprint density at radius 3 is 2.55 bits per heavy atom. The van der Waals surface area contributed by atoms with Crippen molar-refractivity contribution in [2.45, 2.75) is 0 Å². The van der Waals surface area contributed by atoms with Gasteiger partial charge in [0, 0.05) is 35.6 Å². The highest BCUT2D eigenvalue weighted by Gasteiger charge is 2.15. The molecule has 0 bridgehead atoms. The van der Waals surface area contributed by atoms with E-state index in [1.54, 1.807) is 24.3 Å². The van der Waals surface area contributed by atoms with Gasteiger partial charge in [-0.25, -0.2) is 4.98 Å². The van der Waals surface area contributed by atoms with Gasteiger partial charge in [0.15, 0.2) is 5.78 Å². The molecule has 4 heteroatoms. The summed E-state index contributed by atoms with van der Waals surface area (Å²) in [6, 6.07) is 16.5. The summed E-state index contributed by atoms with van der Waals surface area (Å²) in [5, 5.41) is 1.40. The van der Waals surface area contributed by atoms with E-state index in [0.29, 0.717) is 16.1 Å². The summed E-state index contributed by atoms with van der Waals surface area (Å²) in [6.45, 7) is 0. The van der Waals surface area contributed by atoms with Crippen molar-refractivity contribution in [3.05, 3.63) is 70.7 Å². The molecule has 1 heterocycles. The Bertz CT molecular complexity index is 859. The number of carbonyl (C=O) groups is 1. The van der Waals surface area contributed by atoms with Crippen molar-refractivity contribution in [3.8, 4) is 0 Å². The molecule has 0 N–H and O–H groups in total. The van der Waals surface area contributed by atoms with Gasteiger partial charge in [0.05, 0.1) is 5.52 Å². The van der Waals surface area contributed by atoms with Crippen LogP contribution in [-0.4, -0.2) is 24.9 Å². The molecule has 0 saturated heterocycles. The predicted molar refractivity (Wildman–Crippen MR) is 91.0 cm³/mol. The number of anilines is 1. The molecule has 0 spiro atoms. The van der Waals surface area contributed by atoms with Gasteiger partial charge in [-0.15, -0.1) is 0 Å². The first-order chi connectivity index (χ1) is 10.6. The van der Waals surface area contributed by atoms with Crippen molar-refractivity contribution in [2.75, 3.05) is 19.0 Å². The van der Waals surface area contributed by atoms with Gasteiger partial charge in [-0.3, -0.25) is 4.79 Å². The lowest BCUT2D eigenvalue weighted by molar-refractivity contribution is 0.104. The highest BCUT2D eigenvalue weighted by atomic mass is 35.5. The number of benzene rings is 2. The van der Waals surface area contributed by atoms with Crippen LogP contribution in [0.1, 0.15) is 15.9 Å². The zero-order chi connectivity index (χ0) is 15.7. The number of para-hydroxylation sites is 1. The summed E-state index contributed by atoms with van der Waals surface area (Å²) in [7, 11) is 3.81. The topological polar surface area (TPSA) is 33.2 Å².